The van der Waals surface area contributed by atoms with Gasteiger partial charge in [0, 0.05) is 19.3 Å². The van der Waals surface area contributed by atoms with Gasteiger partial charge in [0.1, 0.15) is 13.2 Å². The topological polar surface area (TPSA) is 78.9 Å². The Labute approximate surface area is 434 Å². The molecule has 0 radical (unpaired) electrons. The van der Waals surface area contributed by atoms with Gasteiger partial charge >= 0.3 is 17.9 Å². The van der Waals surface area contributed by atoms with E-state index >= 15 is 0 Å². The molecule has 1 unspecified atom stereocenters. The monoisotopic (exact) mass is 979 g/mol. The van der Waals surface area contributed by atoms with E-state index in [1.165, 1.54) is 193 Å². The van der Waals surface area contributed by atoms with Crippen LogP contribution in [0.15, 0.2) is 60.8 Å². The Morgan fingerprint density at radius 1 is 0.314 bits per heavy atom. The smallest absolute Gasteiger partial charge is 0.306 e. The van der Waals surface area contributed by atoms with E-state index in [-0.39, 0.29) is 31.1 Å². The van der Waals surface area contributed by atoms with Crippen molar-refractivity contribution in [2.75, 3.05) is 13.2 Å². The van der Waals surface area contributed by atoms with Gasteiger partial charge in [0.25, 0.3) is 0 Å². The third-order valence-corrected chi connectivity index (χ3v) is 13.3. The van der Waals surface area contributed by atoms with Crippen LogP contribution in [-0.4, -0.2) is 37.2 Å². The molecule has 0 aliphatic carbocycles. The Balaban J connectivity index is 4.35. The van der Waals surface area contributed by atoms with E-state index in [1.54, 1.807) is 0 Å². The van der Waals surface area contributed by atoms with Gasteiger partial charge in [-0.3, -0.25) is 14.4 Å². The zero-order chi connectivity index (χ0) is 50.7. The first kappa shape index (κ1) is 67.1. The minimum Gasteiger partial charge on any atom is -0.462 e. The molecule has 0 aromatic heterocycles. The molecule has 1 atom stereocenters. The van der Waals surface area contributed by atoms with Crippen molar-refractivity contribution in [3.05, 3.63) is 60.8 Å². The summed E-state index contributed by atoms with van der Waals surface area (Å²) in [5, 5.41) is 0. The summed E-state index contributed by atoms with van der Waals surface area (Å²) in [6.07, 6.45) is 73.5. The van der Waals surface area contributed by atoms with Gasteiger partial charge in [0.15, 0.2) is 6.10 Å². The number of esters is 3. The summed E-state index contributed by atoms with van der Waals surface area (Å²) in [6.45, 7) is 6.53. The Morgan fingerprint density at radius 3 is 0.986 bits per heavy atom. The van der Waals surface area contributed by atoms with Crippen molar-refractivity contribution in [2.45, 2.75) is 316 Å². The maximum atomic E-state index is 12.9. The Morgan fingerprint density at radius 2 is 0.600 bits per heavy atom. The first-order chi connectivity index (χ1) is 34.5. The number of hydrogen-bond acceptors (Lipinski definition) is 6. The maximum Gasteiger partial charge on any atom is 0.306 e. The lowest BCUT2D eigenvalue weighted by molar-refractivity contribution is -0.167. The zero-order valence-electron chi connectivity index (χ0n) is 46.5. The molecule has 6 nitrogen and oxygen atoms in total. The van der Waals surface area contributed by atoms with Gasteiger partial charge in [-0.1, -0.05) is 274 Å². The number of allylic oxidation sites excluding steroid dienone is 10. The third kappa shape index (κ3) is 56.0. The summed E-state index contributed by atoms with van der Waals surface area (Å²) in [7, 11) is 0. The standard InChI is InChI=1S/C64H114O6/c1-4-7-10-13-16-19-22-25-28-30-32-34-36-39-42-45-48-51-54-57-63(66)69-60-61(59-68-62(65)56-53-50-47-44-41-38-27-24-21-18-15-12-9-6-3)70-64(67)58-55-52-49-46-43-40-37-35-33-31-29-26-23-20-17-14-11-8-5-2/h7,10,16-17,19-20,23,25-26,28,61H,4-6,8-9,11-15,18,21-22,24,27,29-60H2,1-3H3/b10-7-,19-16-,20-17-,26-23-,28-25-. The molecule has 0 rings (SSSR count). The summed E-state index contributed by atoms with van der Waals surface area (Å²) in [5.41, 5.74) is 0. The van der Waals surface area contributed by atoms with Crippen LogP contribution in [0.2, 0.25) is 0 Å². The summed E-state index contributed by atoms with van der Waals surface area (Å²) in [6, 6.07) is 0. The molecule has 0 fully saturated rings. The van der Waals surface area contributed by atoms with Crippen LogP contribution >= 0.6 is 0 Å². The predicted octanol–water partition coefficient (Wildman–Crippen LogP) is 20.4. The molecule has 6 heteroatoms. The third-order valence-electron chi connectivity index (χ3n) is 13.3. The number of carbonyl (C=O) groups is 3. The van der Waals surface area contributed by atoms with E-state index in [1.807, 2.05) is 0 Å². The molecule has 0 bridgehead atoms. The van der Waals surface area contributed by atoms with E-state index in [0.717, 1.165) is 77.0 Å². The van der Waals surface area contributed by atoms with Gasteiger partial charge < -0.3 is 14.2 Å². The van der Waals surface area contributed by atoms with Crippen LogP contribution in [0.1, 0.15) is 310 Å². The van der Waals surface area contributed by atoms with E-state index in [0.29, 0.717) is 19.3 Å². The first-order valence-corrected chi connectivity index (χ1v) is 30.3. The van der Waals surface area contributed by atoms with Crippen LogP contribution in [0.5, 0.6) is 0 Å². The number of hydrogen-bond donors (Lipinski definition) is 0. The average molecular weight is 980 g/mol. The fraction of sp³-hybridized carbons (Fsp3) is 0.797. The second-order valence-electron chi connectivity index (χ2n) is 20.3. The molecule has 0 spiro atoms. The van der Waals surface area contributed by atoms with Gasteiger partial charge in [-0.15, -0.1) is 0 Å². The molecule has 0 aromatic carbocycles. The number of rotatable bonds is 55. The lowest BCUT2D eigenvalue weighted by atomic mass is 10.0. The minimum atomic E-state index is -0.777. The highest BCUT2D eigenvalue weighted by Gasteiger charge is 2.19. The van der Waals surface area contributed by atoms with Gasteiger partial charge in [-0.05, 0) is 77.0 Å². The highest BCUT2D eigenvalue weighted by Crippen LogP contribution is 2.17. The maximum absolute atomic E-state index is 12.9. The molecular formula is C64H114O6. The van der Waals surface area contributed by atoms with Gasteiger partial charge in [-0.2, -0.15) is 0 Å². The van der Waals surface area contributed by atoms with Gasteiger partial charge in [0.05, 0.1) is 0 Å². The molecule has 0 aromatic rings. The second-order valence-corrected chi connectivity index (χ2v) is 20.3. The number of ether oxygens (including phenoxy) is 3. The Hall–Kier alpha value is -2.89. The molecule has 0 saturated carbocycles. The average Bonchev–Trinajstić information content (AvgIpc) is 3.36. The molecule has 406 valence electrons. The zero-order valence-corrected chi connectivity index (χ0v) is 46.5. The lowest BCUT2D eigenvalue weighted by Gasteiger charge is -2.18. The van der Waals surface area contributed by atoms with Crippen LogP contribution in [0, 0.1) is 0 Å². The first-order valence-electron chi connectivity index (χ1n) is 30.3. The van der Waals surface area contributed by atoms with Crippen LogP contribution in [0.4, 0.5) is 0 Å². The fourth-order valence-electron chi connectivity index (χ4n) is 8.74. The molecule has 0 amide bonds. The van der Waals surface area contributed by atoms with Crippen molar-refractivity contribution < 1.29 is 28.6 Å². The number of unbranched alkanes of at least 4 members (excludes halogenated alkanes) is 35. The summed E-state index contributed by atoms with van der Waals surface area (Å²) < 4.78 is 16.9. The summed E-state index contributed by atoms with van der Waals surface area (Å²) >= 11 is 0. The lowest BCUT2D eigenvalue weighted by Crippen LogP contribution is -2.30. The van der Waals surface area contributed by atoms with E-state index in [2.05, 4.69) is 81.5 Å². The van der Waals surface area contributed by atoms with Crippen molar-refractivity contribution in [1.29, 1.82) is 0 Å². The van der Waals surface area contributed by atoms with Crippen LogP contribution in [-0.2, 0) is 28.6 Å². The molecule has 70 heavy (non-hydrogen) atoms. The summed E-state index contributed by atoms with van der Waals surface area (Å²) in [4.78, 5) is 38.2. The predicted molar refractivity (Wildman–Crippen MR) is 302 cm³/mol. The van der Waals surface area contributed by atoms with Crippen molar-refractivity contribution >= 4 is 17.9 Å². The van der Waals surface area contributed by atoms with E-state index in [4.69, 9.17) is 14.2 Å². The van der Waals surface area contributed by atoms with E-state index in [9.17, 15) is 14.4 Å². The Bertz CT molecular complexity index is 1260. The summed E-state index contributed by atoms with van der Waals surface area (Å²) in [5.74, 6) is -0.867. The second kappa shape index (κ2) is 58.7. The minimum absolute atomic E-state index is 0.0740. The molecule has 0 aliphatic rings. The van der Waals surface area contributed by atoms with Crippen molar-refractivity contribution in [3.63, 3.8) is 0 Å². The Kier molecular flexibility index (Phi) is 56.3. The SMILES string of the molecule is CC/C=C\C/C=C\C/C=C\CCCCCCCCCCCC(=O)OCC(COC(=O)CCCCCCCCCCCCCCCC)OC(=O)CCCCCCCCCCCC/C=C\C=C/CCCCC. The van der Waals surface area contributed by atoms with Crippen LogP contribution < -0.4 is 0 Å². The molecular weight excluding hydrogens is 865 g/mol. The fourth-order valence-corrected chi connectivity index (χ4v) is 8.74. The normalized spacial score (nSPS) is 12.4. The quantitative estimate of drug-likeness (QED) is 0.0199. The van der Waals surface area contributed by atoms with Crippen LogP contribution in [0.25, 0.3) is 0 Å². The van der Waals surface area contributed by atoms with Crippen LogP contribution in [0.3, 0.4) is 0 Å². The van der Waals surface area contributed by atoms with Crippen molar-refractivity contribution in [1.82, 2.24) is 0 Å². The molecule has 0 N–H and O–H groups in total. The highest BCUT2D eigenvalue weighted by atomic mass is 16.6. The molecule has 0 saturated heterocycles. The van der Waals surface area contributed by atoms with Gasteiger partial charge in [0.2, 0.25) is 0 Å². The highest BCUT2D eigenvalue weighted by molar-refractivity contribution is 5.71. The van der Waals surface area contributed by atoms with Gasteiger partial charge in [-0.25, -0.2) is 0 Å². The largest absolute Gasteiger partial charge is 0.462 e. The molecule has 0 aliphatic heterocycles. The van der Waals surface area contributed by atoms with Crippen molar-refractivity contribution in [2.24, 2.45) is 0 Å². The molecule has 0 heterocycles. The van der Waals surface area contributed by atoms with E-state index < -0.39 is 6.10 Å². The number of carbonyl (C=O) groups excluding carboxylic acids is 3. The van der Waals surface area contributed by atoms with Crippen molar-refractivity contribution in [3.8, 4) is 0 Å².